The van der Waals surface area contributed by atoms with Crippen LogP contribution in [0.3, 0.4) is 0 Å². The van der Waals surface area contributed by atoms with E-state index >= 15 is 0 Å². The van der Waals surface area contributed by atoms with Crippen LogP contribution in [0, 0.1) is 25.2 Å². The molecule has 1 saturated carbocycles. The minimum Gasteiger partial charge on any atom is -0.316 e. The molecule has 1 aromatic carbocycles. The molecule has 1 aliphatic heterocycles. The van der Waals surface area contributed by atoms with Crippen molar-refractivity contribution in [3.63, 3.8) is 0 Å². The van der Waals surface area contributed by atoms with Crippen molar-refractivity contribution in [2.75, 3.05) is 13.1 Å². The second-order valence-corrected chi connectivity index (χ2v) is 6.75. The van der Waals surface area contributed by atoms with E-state index in [0.717, 1.165) is 5.92 Å². The molecule has 0 radical (unpaired) electrons. The van der Waals surface area contributed by atoms with Gasteiger partial charge in [0.25, 0.3) is 0 Å². The SMILES string of the molecule is Cc1cc(C)cc(CC2CCC3(CC2)CNC3)c1. The summed E-state index contributed by atoms with van der Waals surface area (Å²) >= 11 is 0. The summed E-state index contributed by atoms with van der Waals surface area (Å²) in [7, 11) is 0. The topological polar surface area (TPSA) is 12.0 Å². The average molecular weight is 243 g/mol. The van der Waals surface area contributed by atoms with Crippen molar-refractivity contribution >= 4 is 0 Å². The van der Waals surface area contributed by atoms with E-state index in [2.05, 4.69) is 37.4 Å². The van der Waals surface area contributed by atoms with E-state index in [1.165, 1.54) is 56.3 Å². The predicted octanol–water partition coefficient (Wildman–Crippen LogP) is 3.63. The highest BCUT2D eigenvalue weighted by Crippen LogP contribution is 2.42. The lowest BCUT2D eigenvalue weighted by molar-refractivity contribution is 0.0818. The number of benzene rings is 1. The molecule has 1 nitrogen and oxygen atoms in total. The Morgan fingerprint density at radius 3 is 2.17 bits per heavy atom. The van der Waals surface area contributed by atoms with Gasteiger partial charge >= 0.3 is 0 Å². The van der Waals surface area contributed by atoms with Gasteiger partial charge in [0.15, 0.2) is 0 Å². The molecule has 98 valence electrons. The van der Waals surface area contributed by atoms with Crippen molar-refractivity contribution < 1.29 is 0 Å². The fraction of sp³-hybridized carbons (Fsp3) is 0.647. The van der Waals surface area contributed by atoms with Gasteiger partial charge in [-0.1, -0.05) is 29.3 Å². The van der Waals surface area contributed by atoms with E-state index < -0.39 is 0 Å². The molecule has 0 amide bonds. The molecular weight excluding hydrogens is 218 g/mol. The second kappa shape index (κ2) is 4.70. The van der Waals surface area contributed by atoms with Gasteiger partial charge in [0.1, 0.15) is 0 Å². The lowest BCUT2D eigenvalue weighted by Crippen LogP contribution is -2.54. The quantitative estimate of drug-likeness (QED) is 0.836. The zero-order chi connectivity index (χ0) is 12.6. The molecule has 0 unspecified atom stereocenters. The maximum atomic E-state index is 3.45. The first kappa shape index (κ1) is 12.2. The van der Waals surface area contributed by atoms with Gasteiger partial charge in [-0.2, -0.15) is 0 Å². The van der Waals surface area contributed by atoms with E-state index in [1.54, 1.807) is 5.56 Å². The van der Waals surface area contributed by atoms with E-state index in [-0.39, 0.29) is 0 Å². The third-order valence-electron chi connectivity index (χ3n) is 4.97. The van der Waals surface area contributed by atoms with Crippen LogP contribution >= 0.6 is 0 Å². The van der Waals surface area contributed by atoms with Crippen molar-refractivity contribution in [2.24, 2.45) is 11.3 Å². The monoisotopic (exact) mass is 243 g/mol. The Kier molecular flexibility index (Phi) is 3.19. The predicted molar refractivity (Wildman–Crippen MR) is 76.9 cm³/mol. The molecule has 1 saturated heterocycles. The summed E-state index contributed by atoms with van der Waals surface area (Å²) in [5.41, 5.74) is 5.10. The van der Waals surface area contributed by atoms with Crippen LogP contribution in [0.25, 0.3) is 0 Å². The molecule has 1 spiro atoms. The van der Waals surface area contributed by atoms with Gasteiger partial charge in [-0.3, -0.25) is 0 Å². The molecule has 0 atom stereocenters. The zero-order valence-corrected chi connectivity index (χ0v) is 11.8. The lowest BCUT2D eigenvalue weighted by Gasteiger charge is -2.47. The average Bonchev–Trinajstić information content (AvgIpc) is 2.26. The zero-order valence-electron chi connectivity index (χ0n) is 11.8. The molecule has 18 heavy (non-hydrogen) atoms. The molecule has 2 fully saturated rings. The number of nitrogens with one attached hydrogen (secondary N) is 1. The summed E-state index contributed by atoms with van der Waals surface area (Å²) in [4.78, 5) is 0. The summed E-state index contributed by atoms with van der Waals surface area (Å²) in [6.07, 6.45) is 7.08. The van der Waals surface area contributed by atoms with Gasteiger partial charge < -0.3 is 5.32 Å². The van der Waals surface area contributed by atoms with Crippen LogP contribution in [-0.4, -0.2) is 13.1 Å². The van der Waals surface area contributed by atoms with Gasteiger partial charge in [-0.05, 0) is 62.8 Å². The van der Waals surface area contributed by atoms with Gasteiger partial charge in [0.05, 0.1) is 0 Å². The van der Waals surface area contributed by atoms with Crippen molar-refractivity contribution in [3.8, 4) is 0 Å². The number of hydrogen-bond acceptors (Lipinski definition) is 1. The Labute approximate surface area is 111 Å². The molecule has 3 rings (SSSR count). The lowest BCUT2D eigenvalue weighted by atomic mass is 9.66. The van der Waals surface area contributed by atoms with Crippen molar-refractivity contribution in [3.05, 3.63) is 34.9 Å². The second-order valence-electron chi connectivity index (χ2n) is 6.75. The Morgan fingerprint density at radius 2 is 1.67 bits per heavy atom. The summed E-state index contributed by atoms with van der Waals surface area (Å²) in [6.45, 7) is 6.99. The van der Waals surface area contributed by atoms with Crippen LogP contribution in [0.5, 0.6) is 0 Å². The number of aryl methyl sites for hydroxylation is 2. The van der Waals surface area contributed by atoms with E-state index in [9.17, 15) is 0 Å². The van der Waals surface area contributed by atoms with E-state index in [4.69, 9.17) is 0 Å². The minimum atomic E-state index is 0.707. The highest BCUT2D eigenvalue weighted by atomic mass is 15.0. The molecular formula is C17H25N. The smallest absolute Gasteiger partial charge is 0.00202 e. The molecule has 1 aromatic rings. The fourth-order valence-corrected chi connectivity index (χ4v) is 3.85. The summed E-state index contributed by atoms with van der Waals surface area (Å²) in [5, 5.41) is 3.45. The van der Waals surface area contributed by atoms with Crippen LogP contribution in [0.15, 0.2) is 18.2 Å². The first-order chi connectivity index (χ1) is 8.65. The molecule has 2 aliphatic rings. The fourth-order valence-electron chi connectivity index (χ4n) is 3.85. The molecule has 1 heteroatoms. The summed E-state index contributed by atoms with van der Waals surface area (Å²) in [6, 6.07) is 7.03. The van der Waals surface area contributed by atoms with Crippen molar-refractivity contribution in [2.45, 2.75) is 46.0 Å². The summed E-state index contributed by atoms with van der Waals surface area (Å²) < 4.78 is 0. The van der Waals surface area contributed by atoms with Crippen LogP contribution in [0.4, 0.5) is 0 Å². The third-order valence-corrected chi connectivity index (χ3v) is 4.97. The Balaban J connectivity index is 1.60. The van der Waals surface area contributed by atoms with Crippen molar-refractivity contribution in [1.29, 1.82) is 0 Å². The maximum absolute atomic E-state index is 3.45. The normalized spacial score (nSPS) is 23.0. The number of hydrogen-bond donors (Lipinski definition) is 1. The van der Waals surface area contributed by atoms with Gasteiger partial charge in [0, 0.05) is 13.1 Å². The molecule has 1 aliphatic carbocycles. The highest BCUT2D eigenvalue weighted by Gasteiger charge is 2.39. The highest BCUT2D eigenvalue weighted by molar-refractivity contribution is 5.28. The Morgan fingerprint density at radius 1 is 1.06 bits per heavy atom. The van der Waals surface area contributed by atoms with Crippen LogP contribution in [-0.2, 0) is 6.42 Å². The Hall–Kier alpha value is -0.820. The van der Waals surface area contributed by atoms with Gasteiger partial charge in [-0.25, -0.2) is 0 Å². The maximum Gasteiger partial charge on any atom is 0.00202 e. The van der Waals surface area contributed by atoms with Gasteiger partial charge in [0.2, 0.25) is 0 Å². The van der Waals surface area contributed by atoms with E-state index in [1.807, 2.05) is 0 Å². The minimum absolute atomic E-state index is 0.707. The van der Waals surface area contributed by atoms with Gasteiger partial charge in [-0.15, -0.1) is 0 Å². The number of rotatable bonds is 2. The Bertz CT molecular complexity index is 401. The molecule has 1 heterocycles. The largest absolute Gasteiger partial charge is 0.316 e. The van der Waals surface area contributed by atoms with Crippen LogP contribution in [0.2, 0.25) is 0 Å². The third kappa shape index (κ3) is 2.47. The van der Waals surface area contributed by atoms with E-state index in [0.29, 0.717) is 5.41 Å². The first-order valence-electron chi connectivity index (χ1n) is 7.43. The van der Waals surface area contributed by atoms with Crippen LogP contribution in [0.1, 0.15) is 42.4 Å². The van der Waals surface area contributed by atoms with Crippen LogP contribution < -0.4 is 5.32 Å². The molecule has 1 N–H and O–H groups in total. The molecule has 0 aromatic heterocycles. The van der Waals surface area contributed by atoms with Crippen molar-refractivity contribution in [1.82, 2.24) is 5.32 Å². The standard InChI is InChI=1S/C17H25N/c1-13-7-14(2)9-16(8-13)10-15-3-5-17(6-4-15)11-18-12-17/h7-9,15,18H,3-6,10-12H2,1-2H3. The molecule has 0 bridgehead atoms. The summed E-state index contributed by atoms with van der Waals surface area (Å²) in [5.74, 6) is 0.928. The first-order valence-corrected chi connectivity index (χ1v) is 7.43.